The van der Waals surface area contributed by atoms with Crippen molar-refractivity contribution in [3.63, 3.8) is 0 Å². The van der Waals surface area contributed by atoms with Crippen molar-refractivity contribution in [1.29, 1.82) is 0 Å². The van der Waals surface area contributed by atoms with Crippen molar-refractivity contribution in [1.82, 2.24) is 0 Å². The first kappa shape index (κ1) is 29.9. The van der Waals surface area contributed by atoms with Gasteiger partial charge in [0.25, 0.3) is 0 Å². The van der Waals surface area contributed by atoms with Crippen LogP contribution in [0.25, 0.3) is 34.4 Å². The van der Waals surface area contributed by atoms with Gasteiger partial charge in [-0.3, -0.25) is 0 Å². The standard InChI is InChI=1S/2C17H14F.C2H7Si.2ClH.Zr/c2*1-2-12-10-14-4-3-5-16(17(14)11-12)13-6-8-15(18)9-7-13;1-3-2;;;/h2*3-11H,2H2,1H3;3H,1-2H3;2*1H;/q;;;;;+2/p-2. The molecule has 0 saturated heterocycles. The molecule has 0 saturated carbocycles. The molecule has 0 spiro atoms. The van der Waals surface area contributed by atoms with E-state index in [0.717, 1.165) is 35.1 Å². The molecular weight excluding hydrogens is 661 g/mol. The van der Waals surface area contributed by atoms with Crippen LogP contribution in [0.2, 0.25) is 13.1 Å². The van der Waals surface area contributed by atoms with Crippen LogP contribution >= 0.6 is 17.0 Å². The van der Waals surface area contributed by atoms with Gasteiger partial charge in [-0.05, 0) is 0 Å². The van der Waals surface area contributed by atoms with E-state index in [2.05, 4.69) is 75.5 Å². The zero-order chi connectivity index (χ0) is 29.8. The fourth-order valence-electron chi connectivity index (χ4n) is 7.44. The molecule has 6 heteroatoms. The van der Waals surface area contributed by atoms with Gasteiger partial charge in [0.15, 0.2) is 0 Å². The summed E-state index contributed by atoms with van der Waals surface area (Å²) < 4.78 is 27.6. The van der Waals surface area contributed by atoms with Crippen LogP contribution in [0.5, 0.6) is 0 Å². The van der Waals surface area contributed by atoms with Gasteiger partial charge in [-0.2, -0.15) is 0 Å². The zero-order valence-electron chi connectivity index (χ0n) is 24.4. The maximum atomic E-state index is 13.8. The summed E-state index contributed by atoms with van der Waals surface area (Å²) in [7, 11) is 16.9. The Kier molecular flexibility index (Phi) is 7.93. The molecule has 0 heterocycles. The van der Waals surface area contributed by atoms with E-state index in [9.17, 15) is 8.78 Å². The number of rotatable bonds is 7. The van der Waals surface area contributed by atoms with Crippen molar-refractivity contribution < 1.29 is 24.3 Å². The van der Waals surface area contributed by atoms with Crippen LogP contribution < -0.4 is 0 Å². The third-order valence-electron chi connectivity index (χ3n) is 9.64. The van der Waals surface area contributed by atoms with E-state index in [1.54, 1.807) is 0 Å². The van der Waals surface area contributed by atoms with Crippen molar-refractivity contribution in [2.24, 2.45) is 0 Å². The molecule has 0 N–H and O–H groups in total. The molecule has 6 rings (SSSR count). The second kappa shape index (κ2) is 11.1. The monoisotopic (exact) mass is 693 g/mol. The average Bonchev–Trinajstić information content (AvgIpc) is 3.58. The molecule has 215 valence electrons. The Morgan fingerprint density at radius 2 is 1.00 bits per heavy atom. The molecule has 2 aliphatic carbocycles. The van der Waals surface area contributed by atoms with Crippen molar-refractivity contribution in [2.75, 3.05) is 0 Å². The molecule has 2 aliphatic rings. The van der Waals surface area contributed by atoms with E-state index in [1.165, 1.54) is 57.7 Å². The van der Waals surface area contributed by atoms with E-state index in [4.69, 9.17) is 17.0 Å². The predicted molar refractivity (Wildman–Crippen MR) is 176 cm³/mol. The Labute approximate surface area is 256 Å². The van der Waals surface area contributed by atoms with Gasteiger partial charge in [0.05, 0.1) is 0 Å². The Bertz CT molecular complexity index is 1620. The summed E-state index contributed by atoms with van der Waals surface area (Å²) in [4.78, 5) is 0. The van der Waals surface area contributed by atoms with Gasteiger partial charge < -0.3 is 0 Å². The fraction of sp³-hybridized carbons (Fsp3) is 0.222. The van der Waals surface area contributed by atoms with Gasteiger partial charge in [-0.15, -0.1) is 0 Å². The Hall–Kier alpha value is -2.10. The molecular formula is C36H35Cl2F2SiZr. The van der Waals surface area contributed by atoms with Crippen LogP contribution in [-0.4, -0.2) is 5.92 Å². The normalized spacial score (nSPS) is 18.7. The topological polar surface area (TPSA) is 0 Å². The molecule has 0 aromatic heterocycles. The molecule has 0 amide bonds. The molecule has 0 bridgehead atoms. The van der Waals surface area contributed by atoms with Crippen molar-refractivity contribution in [3.05, 3.63) is 130 Å². The number of benzene rings is 4. The Balaban J connectivity index is 1.57. The van der Waals surface area contributed by atoms with Crippen LogP contribution in [0, 0.1) is 11.6 Å². The van der Waals surface area contributed by atoms with E-state index >= 15 is 0 Å². The van der Waals surface area contributed by atoms with Crippen molar-refractivity contribution in [3.8, 4) is 22.3 Å². The summed E-state index contributed by atoms with van der Waals surface area (Å²) in [5, 5.41) is 0. The first-order valence-electron chi connectivity index (χ1n) is 14.8. The average molecular weight is 696 g/mol. The summed E-state index contributed by atoms with van der Waals surface area (Å²) in [6.45, 7) is 9.13. The van der Waals surface area contributed by atoms with Gasteiger partial charge in [-0.25, -0.2) is 0 Å². The molecule has 42 heavy (non-hydrogen) atoms. The van der Waals surface area contributed by atoms with Crippen LogP contribution in [0.4, 0.5) is 8.78 Å². The molecule has 0 radical (unpaired) electrons. The minimum atomic E-state index is -4.85. The second-order valence-electron chi connectivity index (χ2n) is 12.0. The molecule has 4 aromatic rings. The summed E-state index contributed by atoms with van der Waals surface area (Å²) in [6, 6.07) is 26.4. The van der Waals surface area contributed by atoms with Crippen LogP contribution in [-0.2, 0) is 15.6 Å². The molecule has 0 nitrogen and oxygen atoms in total. The summed E-state index contributed by atoms with van der Waals surface area (Å²) >= 11 is -4.85. The molecule has 0 aliphatic heterocycles. The van der Waals surface area contributed by atoms with Crippen LogP contribution in [0.15, 0.2) is 96.1 Å². The first-order valence-corrected chi connectivity index (χ1v) is 31.2. The molecule has 0 fully saturated rings. The number of halogens is 4. The summed E-state index contributed by atoms with van der Waals surface area (Å²) in [5.41, 5.74) is 11.6. The van der Waals surface area contributed by atoms with Crippen LogP contribution in [0.1, 0.15) is 56.2 Å². The first-order chi connectivity index (χ1) is 20.1. The number of allylic oxidation sites excluding steroid dienone is 2. The summed E-state index contributed by atoms with van der Waals surface area (Å²) in [6.07, 6.45) is 6.39. The second-order valence-corrected chi connectivity index (χ2v) is 54.5. The van der Waals surface area contributed by atoms with Crippen LogP contribution in [0.3, 0.4) is 0 Å². The van der Waals surface area contributed by atoms with E-state index in [-0.39, 0.29) is 18.9 Å². The van der Waals surface area contributed by atoms with E-state index in [1.807, 2.05) is 24.3 Å². The molecule has 2 unspecified atom stereocenters. The number of hydrogen-bond acceptors (Lipinski definition) is 0. The number of hydrogen-bond donors (Lipinski definition) is 0. The third kappa shape index (κ3) is 4.60. The van der Waals surface area contributed by atoms with E-state index < -0.39 is 21.5 Å². The SMILES string of the molecule is CCC1=Cc2c(-c3ccc(F)cc3)cccc2[CH]1[Zr]([Cl])([Cl])([CH]1C(CC)=Cc2c(-c3ccc(F)cc3)cccc21)[SiH](C)C. The van der Waals surface area contributed by atoms with Gasteiger partial charge >= 0.3 is 259 Å². The summed E-state index contributed by atoms with van der Waals surface area (Å²) in [5.74, 6) is -2.16. The zero-order valence-corrected chi connectivity index (χ0v) is 29.5. The van der Waals surface area contributed by atoms with Crippen molar-refractivity contribution in [2.45, 2.75) is 47.0 Å². The van der Waals surface area contributed by atoms with Gasteiger partial charge in [0.2, 0.25) is 0 Å². The van der Waals surface area contributed by atoms with Gasteiger partial charge in [-0.1, -0.05) is 0 Å². The molecule has 4 aromatic carbocycles. The maximum absolute atomic E-state index is 13.8. The van der Waals surface area contributed by atoms with Gasteiger partial charge in [0, 0.05) is 0 Å². The minimum absolute atomic E-state index is 0.00205. The number of fused-ring (bicyclic) bond motifs is 2. The van der Waals surface area contributed by atoms with Gasteiger partial charge in [0.1, 0.15) is 0 Å². The fourth-order valence-corrected chi connectivity index (χ4v) is 39.2. The third-order valence-corrected chi connectivity index (χ3v) is 61.5. The molecule has 2 atom stereocenters. The quantitative estimate of drug-likeness (QED) is 0.169. The van der Waals surface area contributed by atoms with E-state index in [0.29, 0.717) is 0 Å². The Morgan fingerprint density at radius 1 is 0.619 bits per heavy atom. The van der Waals surface area contributed by atoms with Crippen molar-refractivity contribution >= 4 is 35.1 Å². The predicted octanol–water partition coefficient (Wildman–Crippen LogP) is 11.7. The Morgan fingerprint density at radius 3 is 1.33 bits per heavy atom.